The second kappa shape index (κ2) is 8.36. The summed E-state index contributed by atoms with van der Waals surface area (Å²) in [5.74, 6) is -0.170. The molecule has 0 bridgehead atoms. The van der Waals surface area contributed by atoms with E-state index in [1.165, 1.54) is 0 Å². The Kier molecular flexibility index (Phi) is 6.45. The molecule has 1 saturated heterocycles. The molecule has 1 atom stereocenters. The van der Waals surface area contributed by atoms with Crippen molar-refractivity contribution in [2.24, 2.45) is 0 Å². The normalized spacial score (nSPS) is 16.8. The number of nitrogens with one attached hydrogen (secondary N) is 2. The number of rotatable bonds is 4. The van der Waals surface area contributed by atoms with Gasteiger partial charge in [0.15, 0.2) is 5.69 Å². The summed E-state index contributed by atoms with van der Waals surface area (Å²) in [5, 5.41) is 10.8. The van der Waals surface area contributed by atoms with Gasteiger partial charge in [-0.15, -0.1) is 12.4 Å². The van der Waals surface area contributed by atoms with Crippen LogP contribution in [0.1, 0.15) is 34.9 Å². The van der Waals surface area contributed by atoms with Crippen LogP contribution >= 0.6 is 12.4 Å². The molecule has 1 unspecified atom stereocenters. The van der Waals surface area contributed by atoms with Crippen LogP contribution in [0, 0.1) is 6.92 Å². The van der Waals surface area contributed by atoms with Gasteiger partial charge in [0.1, 0.15) is 0 Å². The van der Waals surface area contributed by atoms with E-state index in [0.29, 0.717) is 11.7 Å². The molecular weight excluding hydrogens is 338 g/mol. The molecule has 2 N–H and O–H groups in total. The molecule has 1 aliphatic rings. The van der Waals surface area contributed by atoms with Crippen molar-refractivity contribution in [3.8, 4) is 0 Å². The third kappa shape index (κ3) is 4.32. The molecule has 3 rings (SSSR count). The number of carbonyl (C=O) groups is 1. The average Bonchev–Trinajstić information content (AvgIpc) is 3.07. The molecule has 1 amide bonds. The van der Waals surface area contributed by atoms with Crippen LogP contribution in [0.25, 0.3) is 0 Å². The highest BCUT2D eigenvalue weighted by Crippen LogP contribution is 2.25. The number of halogens is 1. The lowest BCUT2D eigenvalue weighted by Gasteiger charge is -2.22. The maximum Gasteiger partial charge on any atom is 0.276 e. The number of amides is 1. The van der Waals surface area contributed by atoms with Crippen molar-refractivity contribution in [3.05, 3.63) is 41.7 Å². The third-order valence-electron chi connectivity index (χ3n) is 4.52. The number of hydrogen-bond donors (Lipinski definition) is 2. The standard InChI is InChI=1S/C18H25N5O.ClH/c1-13-15(7-4-8-17(13)22(2)3)20-18(24)16-9-11-23(21-16)14-6-5-10-19-12-14;/h4,7-9,11,14,19H,5-6,10,12H2,1-3H3,(H,20,24);1H. The average molecular weight is 364 g/mol. The monoisotopic (exact) mass is 363 g/mol. The molecule has 2 heterocycles. The van der Waals surface area contributed by atoms with Crippen molar-refractivity contribution in [1.82, 2.24) is 15.1 Å². The van der Waals surface area contributed by atoms with E-state index in [1.54, 1.807) is 6.07 Å². The highest BCUT2D eigenvalue weighted by atomic mass is 35.5. The molecule has 136 valence electrons. The molecule has 1 fully saturated rings. The van der Waals surface area contributed by atoms with Gasteiger partial charge in [-0.25, -0.2) is 0 Å². The van der Waals surface area contributed by atoms with Crippen molar-refractivity contribution in [2.45, 2.75) is 25.8 Å². The summed E-state index contributed by atoms with van der Waals surface area (Å²) >= 11 is 0. The largest absolute Gasteiger partial charge is 0.377 e. The van der Waals surface area contributed by atoms with Crippen molar-refractivity contribution in [3.63, 3.8) is 0 Å². The topological polar surface area (TPSA) is 62.2 Å². The maximum absolute atomic E-state index is 12.5. The molecule has 2 aromatic rings. The lowest BCUT2D eigenvalue weighted by Crippen LogP contribution is -2.32. The van der Waals surface area contributed by atoms with E-state index in [-0.39, 0.29) is 18.3 Å². The van der Waals surface area contributed by atoms with Crippen molar-refractivity contribution >= 4 is 29.7 Å². The van der Waals surface area contributed by atoms with Crippen LogP contribution in [0.5, 0.6) is 0 Å². The van der Waals surface area contributed by atoms with E-state index in [2.05, 4.69) is 15.7 Å². The van der Waals surface area contributed by atoms with Gasteiger partial charge in [-0.05, 0) is 50.1 Å². The quantitative estimate of drug-likeness (QED) is 0.876. The smallest absolute Gasteiger partial charge is 0.276 e. The molecule has 1 aromatic carbocycles. The molecule has 7 heteroatoms. The summed E-state index contributed by atoms with van der Waals surface area (Å²) in [6, 6.07) is 8.02. The van der Waals surface area contributed by atoms with Crippen LogP contribution in [0.4, 0.5) is 11.4 Å². The van der Waals surface area contributed by atoms with Crippen LogP contribution in [-0.4, -0.2) is 42.9 Å². The van der Waals surface area contributed by atoms with Gasteiger partial charge in [-0.2, -0.15) is 5.10 Å². The van der Waals surface area contributed by atoms with E-state index in [9.17, 15) is 4.79 Å². The van der Waals surface area contributed by atoms with Gasteiger partial charge < -0.3 is 15.5 Å². The van der Waals surface area contributed by atoms with Gasteiger partial charge in [0, 0.05) is 38.2 Å². The fourth-order valence-corrected chi connectivity index (χ4v) is 3.15. The van der Waals surface area contributed by atoms with Gasteiger partial charge in [-0.1, -0.05) is 6.07 Å². The zero-order chi connectivity index (χ0) is 17.1. The molecule has 6 nitrogen and oxygen atoms in total. The summed E-state index contributed by atoms with van der Waals surface area (Å²) < 4.78 is 1.91. The molecule has 0 radical (unpaired) electrons. The van der Waals surface area contributed by atoms with E-state index in [1.807, 2.05) is 55.0 Å². The van der Waals surface area contributed by atoms with Gasteiger partial charge in [0.05, 0.1) is 6.04 Å². The fraction of sp³-hybridized carbons (Fsp3) is 0.444. The summed E-state index contributed by atoms with van der Waals surface area (Å²) in [6.45, 7) is 3.98. The summed E-state index contributed by atoms with van der Waals surface area (Å²) in [5.41, 5.74) is 3.41. The lowest BCUT2D eigenvalue weighted by atomic mass is 10.1. The second-order valence-electron chi connectivity index (χ2n) is 6.48. The van der Waals surface area contributed by atoms with Gasteiger partial charge in [-0.3, -0.25) is 9.48 Å². The van der Waals surface area contributed by atoms with Gasteiger partial charge >= 0.3 is 0 Å². The first-order valence-electron chi connectivity index (χ1n) is 8.40. The van der Waals surface area contributed by atoms with Crippen molar-refractivity contribution in [2.75, 3.05) is 37.4 Å². The van der Waals surface area contributed by atoms with Crippen molar-refractivity contribution < 1.29 is 4.79 Å². The third-order valence-corrected chi connectivity index (χ3v) is 4.52. The number of anilines is 2. The number of aromatic nitrogens is 2. The Bertz CT molecular complexity index is 722. The summed E-state index contributed by atoms with van der Waals surface area (Å²) in [6.07, 6.45) is 4.14. The van der Waals surface area contributed by atoms with Gasteiger partial charge in [0.25, 0.3) is 5.91 Å². The van der Waals surface area contributed by atoms with Crippen LogP contribution < -0.4 is 15.5 Å². The molecule has 1 aliphatic heterocycles. The zero-order valence-corrected chi connectivity index (χ0v) is 15.8. The minimum Gasteiger partial charge on any atom is -0.377 e. The van der Waals surface area contributed by atoms with E-state index < -0.39 is 0 Å². The van der Waals surface area contributed by atoms with Crippen LogP contribution in [0.2, 0.25) is 0 Å². The Balaban J connectivity index is 0.00000225. The number of carbonyl (C=O) groups excluding carboxylic acids is 1. The second-order valence-corrected chi connectivity index (χ2v) is 6.48. The number of piperidine rings is 1. The fourth-order valence-electron chi connectivity index (χ4n) is 3.15. The minimum absolute atomic E-state index is 0. The Hall–Kier alpha value is -2.05. The zero-order valence-electron chi connectivity index (χ0n) is 15.0. The predicted octanol–water partition coefficient (Wildman–Crippen LogP) is 2.86. The first-order chi connectivity index (χ1) is 11.6. The molecular formula is C18H26ClN5O. The Morgan fingerprint density at radius 3 is 2.84 bits per heavy atom. The minimum atomic E-state index is -0.170. The van der Waals surface area contributed by atoms with E-state index in [0.717, 1.165) is 42.9 Å². The van der Waals surface area contributed by atoms with Crippen LogP contribution in [0.15, 0.2) is 30.5 Å². The number of nitrogens with zero attached hydrogens (tertiary/aromatic N) is 3. The highest BCUT2D eigenvalue weighted by Gasteiger charge is 2.18. The predicted molar refractivity (Wildman–Crippen MR) is 104 cm³/mol. The molecule has 0 saturated carbocycles. The first kappa shape index (κ1) is 19.3. The number of hydrogen-bond acceptors (Lipinski definition) is 4. The Morgan fingerprint density at radius 1 is 1.36 bits per heavy atom. The SMILES string of the molecule is Cc1c(NC(=O)c2ccn(C3CCCNC3)n2)cccc1N(C)C.Cl. The Labute approximate surface area is 155 Å². The molecule has 25 heavy (non-hydrogen) atoms. The lowest BCUT2D eigenvalue weighted by molar-refractivity contribution is 0.102. The van der Waals surface area contributed by atoms with Crippen molar-refractivity contribution in [1.29, 1.82) is 0 Å². The van der Waals surface area contributed by atoms with Crippen LogP contribution in [-0.2, 0) is 0 Å². The highest BCUT2D eigenvalue weighted by molar-refractivity contribution is 6.03. The van der Waals surface area contributed by atoms with E-state index >= 15 is 0 Å². The Morgan fingerprint density at radius 2 is 2.16 bits per heavy atom. The molecule has 0 spiro atoms. The maximum atomic E-state index is 12.5. The van der Waals surface area contributed by atoms with Gasteiger partial charge in [0.2, 0.25) is 0 Å². The van der Waals surface area contributed by atoms with Crippen LogP contribution in [0.3, 0.4) is 0 Å². The molecule has 1 aromatic heterocycles. The summed E-state index contributed by atoms with van der Waals surface area (Å²) in [7, 11) is 3.99. The van der Waals surface area contributed by atoms with E-state index in [4.69, 9.17) is 0 Å². The number of benzene rings is 1. The molecule has 0 aliphatic carbocycles. The summed E-state index contributed by atoms with van der Waals surface area (Å²) in [4.78, 5) is 14.6. The first-order valence-corrected chi connectivity index (χ1v) is 8.40.